The van der Waals surface area contributed by atoms with Crippen LogP contribution in [-0.4, -0.2) is 4.98 Å². The number of ether oxygens (including phenoxy) is 1. The maximum absolute atomic E-state index is 9.31. The van der Waals surface area contributed by atoms with Crippen LogP contribution < -0.4 is 10.1 Å². The Morgan fingerprint density at radius 2 is 1.97 bits per heavy atom. The largest absolute Gasteiger partial charge is 0.457 e. The zero-order valence-electron chi connectivity index (χ0n) is 15.5. The minimum Gasteiger partial charge on any atom is -0.457 e. The van der Waals surface area contributed by atoms with Crippen LogP contribution in [0.2, 0.25) is 5.02 Å². The van der Waals surface area contributed by atoms with Crippen molar-refractivity contribution in [2.24, 2.45) is 0 Å². The van der Waals surface area contributed by atoms with Gasteiger partial charge >= 0.3 is 0 Å². The minimum atomic E-state index is 0.242. The first-order chi connectivity index (χ1) is 14.1. The molecule has 0 aliphatic heterocycles. The van der Waals surface area contributed by atoms with Crippen LogP contribution in [0.1, 0.15) is 16.8 Å². The molecule has 0 amide bonds. The van der Waals surface area contributed by atoms with Crippen LogP contribution in [0.15, 0.2) is 64.4 Å². The highest BCUT2D eigenvalue weighted by atomic mass is 35.5. The van der Waals surface area contributed by atoms with Gasteiger partial charge in [0.1, 0.15) is 17.6 Å². The lowest BCUT2D eigenvalue weighted by Gasteiger charge is -2.08. The summed E-state index contributed by atoms with van der Waals surface area (Å²) in [6.07, 6.45) is 0. The van der Waals surface area contributed by atoms with Gasteiger partial charge in [0.25, 0.3) is 0 Å². The molecule has 4 aromatic rings. The SMILES string of the molecule is Cc1cc(Oc2ccc(CNc3oc(-c4cccs4)nc3C#N)cc2)ccc1Cl. The molecule has 0 bridgehead atoms. The summed E-state index contributed by atoms with van der Waals surface area (Å²) in [5, 5.41) is 15.1. The van der Waals surface area contributed by atoms with E-state index in [0.29, 0.717) is 23.3 Å². The summed E-state index contributed by atoms with van der Waals surface area (Å²) < 4.78 is 11.6. The topological polar surface area (TPSA) is 71.1 Å². The highest BCUT2D eigenvalue weighted by Crippen LogP contribution is 2.29. The number of aryl methyl sites for hydroxylation is 1. The van der Waals surface area contributed by atoms with Gasteiger partial charge in [-0.1, -0.05) is 29.8 Å². The molecule has 0 radical (unpaired) electrons. The number of hydrogen-bond donors (Lipinski definition) is 1. The Bertz CT molecular complexity index is 1160. The van der Waals surface area contributed by atoms with Gasteiger partial charge in [0, 0.05) is 11.6 Å². The van der Waals surface area contributed by atoms with E-state index in [1.807, 2.05) is 66.9 Å². The van der Waals surface area contributed by atoms with Crippen molar-refractivity contribution >= 4 is 28.8 Å². The number of oxazole rings is 1. The standard InChI is InChI=1S/C22H16ClN3O2S/c1-14-11-17(8-9-18(14)23)27-16-6-4-15(5-7-16)13-25-21-19(12-24)26-22(28-21)20-3-2-10-29-20/h2-11,25H,13H2,1H3. The fourth-order valence-corrected chi connectivity index (χ4v) is 3.46. The third-order valence-corrected chi connectivity index (χ3v) is 5.49. The molecule has 0 fully saturated rings. The molecular weight excluding hydrogens is 406 g/mol. The van der Waals surface area contributed by atoms with E-state index in [1.54, 1.807) is 0 Å². The van der Waals surface area contributed by atoms with Crippen molar-refractivity contribution in [1.29, 1.82) is 5.26 Å². The van der Waals surface area contributed by atoms with Crippen molar-refractivity contribution < 1.29 is 9.15 Å². The van der Waals surface area contributed by atoms with Crippen LogP contribution in [0.3, 0.4) is 0 Å². The summed E-state index contributed by atoms with van der Waals surface area (Å²) in [5.74, 6) is 2.28. The number of nitriles is 1. The van der Waals surface area contributed by atoms with Crippen LogP contribution in [0, 0.1) is 18.3 Å². The highest BCUT2D eigenvalue weighted by Gasteiger charge is 2.15. The summed E-state index contributed by atoms with van der Waals surface area (Å²) in [6.45, 7) is 2.43. The summed E-state index contributed by atoms with van der Waals surface area (Å²) >= 11 is 7.56. The number of thiophene rings is 1. The van der Waals surface area contributed by atoms with Crippen LogP contribution in [-0.2, 0) is 6.54 Å². The lowest BCUT2D eigenvalue weighted by atomic mass is 10.2. The van der Waals surface area contributed by atoms with E-state index in [0.717, 1.165) is 27.5 Å². The number of hydrogen-bond acceptors (Lipinski definition) is 6. The molecular formula is C22H16ClN3O2S. The van der Waals surface area contributed by atoms with Gasteiger partial charge < -0.3 is 14.5 Å². The first-order valence-corrected chi connectivity index (χ1v) is 10.1. The molecule has 5 nitrogen and oxygen atoms in total. The second kappa shape index (κ2) is 8.39. The molecule has 2 aromatic carbocycles. The van der Waals surface area contributed by atoms with E-state index in [-0.39, 0.29) is 5.69 Å². The summed E-state index contributed by atoms with van der Waals surface area (Å²) in [7, 11) is 0. The van der Waals surface area contributed by atoms with Gasteiger partial charge in [-0.2, -0.15) is 10.2 Å². The zero-order chi connectivity index (χ0) is 20.2. The Morgan fingerprint density at radius 1 is 1.17 bits per heavy atom. The lowest BCUT2D eigenvalue weighted by Crippen LogP contribution is -1.99. The molecule has 0 saturated carbocycles. The Balaban J connectivity index is 1.42. The highest BCUT2D eigenvalue weighted by molar-refractivity contribution is 7.13. The van der Waals surface area contributed by atoms with Gasteiger partial charge in [-0.05, 0) is 59.8 Å². The van der Waals surface area contributed by atoms with Gasteiger partial charge in [-0.3, -0.25) is 0 Å². The lowest BCUT2D eigenvalue weighted by molar-refractivity contribution is 0.482. The van der Waals surface area contributed by atoms with E-state index in [2.05, 4.69) is 16.4 Å². The number of nitrogens with zero attached hydrogens (tertiary/aromatic N) is 2. The van der Waals surface area contributed by atoms with Crippen molar-refractivity contribution in [2.75, 3.05) is 5.32 Å². The monoisotopic (exact) mass is 421 g/mol. The van der Waals surface area contributed by atoms with Gasteiger partial charge in [-0.25, -0.2) is 0 Å². The number of rotatable bonds is 6. The number of halogens is 1. The van der Waals surface area contributed by atoms with E-state index < -0.39 is 0 Å². The molecule has 1 N–H and O–H groups in total. The quantitative estimate of drug-likeness (QED) is 0.377. The fraction of sp³-hybridized carbons (Fsp3) is 0.0909. The first-order valence-electron chi connectivity index (χ1n) is 8.84. The average molecular weight is 422 g/mol. The molecule has 2 heterocycles. The van der Waals surface area contributed by atoms with E-state index in [4.69, 9.17) is 20.8 Å². The van der Waals surface area contributed by atoms with Gasteiger partial charge in [-0.15, -0.1) is 11.3 Å². The predicted octanol–water partition coefficient (Wildman–Crippen LogP) is 6.64. The summed E-state index contributed by atoms with van der Waals surface area (Å²) in [6, 6.07) is 19.1. The molecule has 2 aromatic heterocycles. The first kappa shape index (κ1) is 19.1. The summed E-state index contributed by atoms with van der Waals surface area (Å²) in [5.41, 5.74) is 2.22. The van der Waals surface area contributed by atoms with Gasteiger partial charge in [0.15, 0.2) is 0 Å². The van der Waals surface area contributed by atoms with Crippen molar-refractivity contribution in [3.8, 4) is 28.3 Å². The van der Waals surface area contributed by atoms with Crippen LogP contribution in [0.4, 0.5) is 5.88 Å². The Labute approximate surface area is 177 Å². The molecule has 29 heavy (non-hydrogen) atoms. The zero-order valence-corrected chi connectivity index (χ0v) is 17.1. The van der Waals surface area contributed by atoms with Gasteiger partial charge in [0.05, 0.1) is 4.88 Å². The Kier molecular flexibility index (Phi) is 5.52. The number of anilines is 1. The molecule has 4 rings (SSSR count). The smallest absolute Gasteiger partial charge is 0.240 e. The third-order valence-electron chi connectivity index (χ3n) is 4.21. The van der Waals surface area contributed by atoms with Crippen molar-refractivity contribution in [1.82, 2.24) is 4.98 Å². The number of benzene rings is 2. The number of nitrogens with one attached hydrogen (secondary N) is 1. The van der Waals surface area contributed by atoms with Crippen molar-refractivity contribution in [3.05, 3.63) is 81.8 Å². The summed E-state index contributed by atoms with van der Waals surface area (Å²) in [4.78, 5) is 5.13. The third kappa shape index (κ3) is 4.43. The molecule has 0 saturated heterocycles. The van der Waals surface area contributed by atoms with Crippen molar-refractivity contribution in [2.45, 2.75) is 13.5 Å². The van der Waals surface area contributed by atoms with Crippen molar-refractivity contribution in [3.63, 3.8) is 0 Å². The van der Waals surface area contributed by atoms with E-state index in [9.17, 15) is 5.26 Å². The minimum absolute atomic E-state index is 0.242. The predicted molar refractivity (Wildman–Crippen MR) is 115 cm³/mol. The van der Waals surface area contributed by atoms with E-state index in [1.165, 1.54) is 11.3 Å². The molecule has 0 aliphatic carbocycles. The molecule has 0 unspecified atom stereocenters. The Hall–Kier alpha value is -3.27. The normalized spacial score (nSPS) is 10.5. The molecule has 0 spiro atoms. The number of aromatic nitrogens is 1. The molecule has 0 atom stereocenters. The van der Waals surface area contributed by atoms with Crippen LogP contribution in [0.25, 0.3) is 10.8 Å². The molecule has 144 valence electrons. The van der Waals surface area contributed by atoms with Crippen LogP contribution >= 0.6 is 22.9 Å². The second-order valence-corrected chi connectivity index (χ2v) is 7.65. The maximum atomic E-state index is 9.31. The average Bonchev–Trinajstić information content (AvgIpc) is 3.40. The molecule has 0 aliphatic rings. The van der Waals surface area contributed by atoms with Crippen LogP contribution in [0.5, 0.6) is 11.5 Å². The molecule has 7 heteroatoms. The Morgan fingerprint density at radius 3 is 2.66 bits per heavy atom. The fourth-order valence-electron chi connectivity index (χ4n) is 2.70. The van der Waals surface area contributed by atoms with E-state index >= 15 is 0 Å². The maximum Gasteiger partial charge on any atom is 0.240 e. The van der Waals surface area contributed by atoms with Gasteiger partial charge in [0.2, 0.25) is 17.5 Å². The second-order valence-electron chi connectivity index (χ2n) is 6.30.